The molecule has 0 bridgehead atoms. The Bertz CT molecular complexity index is 389. The van der Waals surface area contributed by atoms with Gasteiger partial charge in [0.2, 0.25) is 0 Å². The molecular weight excluding hydrogens is 234 g/mol. The monoisotopic (exact) mass is 255 g/mol. The summed E-state index contributed by atoms with van der Waals surface area (Å²) < 4.78 is 0. The molecule has 1 atom stereocenters. The number of nitrogens with zero attached hydrogens (tertiary/aromatic N) is 1. The van der Waals surface area contributed by atoms with Crippen molar-refractivity contribution in [3.05, 3.63) is 21.4 Å². The maximum absolute atomic E-state index is 11.4. The summed E-state index contributed by atoms with van der Waals surface area (Å²) in [5.74, 6) is 4.92. The number of hydrazine groups is 1. The molecule has 0 spiro atoms. The number of nitrogens with one attached hydrogen (secondary N) is 1. The van der Waals surface area contributed by atoms with Crippen LogP contribution >= 0.6 is 11.3 Å². The van der Waals surface area contributed by atoms with E-state index in [1.807, 2.05) is 13.0 Å². The van der Waals surface area contributed by atoms with Crippen LogP contribution in [0.25, 0.3) is 0 Å². The molecule has 17 heavy (non-hydrogen) atoms. The molecule has 1 heterocycles. The highest BCUT2D eigenvalue weighted by Crippen LogP contribution is 2.23. The number of amides is 1. The molecule has 0 aliphatic rings. The minimum Gasteiger partial charge on any atom is -0.299 e. The molecule has 1 aromatic heterocycles. The van der Waals surface area contributed by atoms with Crippen LogP contribution in [0.15, 0.2) is 6.07 Å². The predicted molar refractivity (Wildman–Crippen MR) is 71.9 cm³/mol. The number of carbonyl (C=O) groups excluding carboxylic acids is 1. The lowest BCUT2D eigenvalue weighted by molar-refractivity contribution is 0.0957. The lowest BCUT2D eigenvalue weighted by Gasteiger charge is -2.23. The van der Waals surface area contributed by atoms with Crippen molar-refractivity contribution in [2.24, 2.45) is 5.84 Å². The number of hydrogen-bond donors (Lipinski definition) is 2. The van der Waals surface area contributed by atoms with E-state index in [1.54, 1.807) is 0 Å². The van der Waals surface area contributed by atoms with Crippen molar-refractivity contribution in [2.45, 2.75) is 39.8 Å². The Hall–Kier alpha value is -0.910. The molecule has 1 rings (SSSR count). The Labute approximate surface area is 107 Å². The summed E-state index contributed by atoms with van der Waals surface area (Å²) in [7, 11) is 2.11. The first kappa shape index (κ1) is 14.2. The van der Waals surface area contributed by atoms with Crippen molar-refractivity contribution in [2.75, 3.05) is 7.05 Å². The highest BCUT2D eigenvalue weighted by molar-refractivity contribution is 7.14. The fourth-order valence-electron chi connectivity index (χ4n) is 1.60. The van der Waals surface area contributed by atoms with Gasteiger partial charge in [0.25, 0.3) is 5.91 Å². The number of carbonyl (C=O) groups is 1. The van der Waals surface area contributed by atoms with E-state index in [-0.39, 0.29) is 5.91 Å². The van der Waals surface area contributed by atoms with Crippen molar-refractivity contribution < 1.29 is 4.79 Å². The first-order valence-electron chi connectivity index (χ1n) is 5.80. The third-order valence-electron chi connectivity index (χ3n) is 3.14. The largest absolute Gasteiger partial charge is 0.299 e. The second kappa shape index (κ2) is 6.14. The van der Waals surface area contributed by atoms with Crippen LogP contribution in [0.1, 0.15) is 40.4 Å². The molecule has 0 fully saturated rings. The van der Waals surface area contributed by atoms with Gasteiger partial charge in [0, 0.05) is 17.5 Å². The molecule has 0 aliphatic heterocycles. The molecule has 3 N–H and O–H groups in total. The average molecular weight is 255 g/mol. The van der Waals surface area contributed by atoms with Gasteiger partial charge < -0.3 is 0 Å². The summed E-state index contributed by atoms with van der Waals surface area (Å²) in [6, 6.07) is 2.47. The SMILES string of the molecule is CCC(C)N(C)Cc1cc(C(=O)NN)sc1C. The van der Waals surface area contributed by atoms with Gasteiger partial charge in [0.1, 0.15) is 0 Å². The normalized spacial score (nSPS) is 12.8. The summed E-state index contributed by atoms with van der Waals surface area (Å²) in [5.41, 5.74) is 3.37. The van der Waals surface area contributed by atoms with Crippen LogP contribution in [-0.2, 0) is 6.54 Å². The zero-order valence-electron chi connectivity index (χ0n) is 10.9. The maximum Gasteiger partial charge on any atom is 0.275 e. The minimum atomic E-state index is -0.212. The summed E-state index contributed by atoms with van der Waals surface area (Å²) in [5, 5.41) is 0. The quantitative estimate of drug-likeness (QED) is 0.480. The summed E-state index contributed by atoms with van der Waals surface area (Å²) in [6.07, 6.45) is 1.12. The first-order valence-corrected chi connectivity index (χ1v) is 6.61. The van der Waals surface area contributed by atoms with Crippen molar-refractivity contribution in [3.63, 3.8) is 0 Å². The molecule has 4 nitrogen and oxygen atoms in total. The van der Waals surface area contributed by atoms with Crippen LogP contribution in [0.3, 0.4) is 0 Å². The molecular formula is C12H21N3OS. The van der Waals surface area contributed by atoms with Gasteiger partial charge in [-0.3, -0.25) is 15.1 Å². The highest BCUT2D eigenvalue weighted by Gasteiger charge is 2.14. The summed E-state index contributed by atoms with van der Waals surface area (Å²) >= 11 is 1.49. The van der Waals surface area contributed by atoms with Gasteiger partial charge in [-0.15, -0.1) is 11.3 Å². The van der Waals surface area contributed by atoms with Gasteiger partial charge in [-0.25, -0.2) is 5.84 Å². The second-order valence-corrected chi connectivity index (χ2v) is 5.59. The number of hydrogen-bond acceptors (Lipinski definition) is 4. The molecule has 0 saturated carbocycles. The Morgan fingerprint density at radius 3 is 2.82 bits per heavy atom. The molecule has 0 aromatic carbocycles. The van der Waals surface area contributed by atoms with Gasteiger partial charge in [-0.2, -0.15) is 0 Å². The number of rotatable bonds is 5. The van der Waals surface area contributed by atoms with E-state index in [2.05, 4.69) is 31.2 Å². The van der Waals surface area contributed by atoms with Gasteiger partial charge in [-0.05, 0) is 38.9 Å². The van der Waals surface area contributed by atoms with Crippen LogP contribution in [0.4, 0.5) is 0 Å². The van der Waals surface area contributed by atoms with E-state index in [0.29, 0.717) is 10.9 Å². The van der Waals surface area contributed by atoms with Crippen molar-refractivity contribution in [3.8, 4) is 0 Å². The molecule has 0 radical (unpaired) electrons. The Morgan fingerprint density at radius 2 is 2.29 bits per heavy atom. The zero-order valence-corrected chi connectivity index (χ0v) is 11.7. The van der Waals surface area contributed by atoms with Crippen LogP contribution in [0, 0.1) is 6.92 Å². The fraction of sp³-hybridized carbons (Fsp3) is 0.583. The molecule has 1 aromatic rings. The number of aryl methyl sites for hydroxylation is 1. The fourth-order valence-corrected chi connectivity index (χ4v) is 2.53. The summed E-state index contributed by atoms with van der Waals surface area (Å²) in [6.45, 7) is 7.29. The van der Waals surface area contributed by atoms with E-state index in [9.17, 15) is 4.79 Å². The zero-order chi connectivity index (χ0) is 13.0. The first-order chi connectivity index (χ1) is 7.99. The Morgan fingerprint density at radius 1 is 1.65 bits per heavy atom. The smallest absolute Gasteiger partial charge is 0.275 e. The van der Waals surface area contributed by atoms with E-state index in [1.165, 1.54) is 21.8 Å². The third kappa shape index (κ3) is 3.52. The maximum atomic E-state index is 11.4. The van der Waals surface area contributed by atoms with Gasteiger partial charge >= 0.3 is 0 Å². The van der Waals surface area contributed by atoms with Crippen LogP contribution in [0.2, 0.25) is 0 Å². The molecule has 0 aliphatic carbocycles. The number of nitrogens with two attached hydrogens (primary N) is 1. The Kier molecular flexibility index (Phi) is 5.11. The van der Waals surface area contributed by atoms with Crippen LogP contribution in [-0.4, -0.2) is 23.9 Å². The predicted octanol–water partition coefficient (Wildman–Crippen LogP) is 1.89. The second-order valence-electron chi connectivity index (χ2n) is 4.34. The number of thiophene rings is 1. The van der Waals surface area contributed by atoms with Crippen molar-refractivity contribution >= 4 is 17.2 Å². The lowest BCUT2D eigenvalue weighted by Crippen LogP contribution is -2.29. The average Bonchev–Trinajstić information content (AvgIpc) is 2.68. The van der Waals surface area contributed by atoms with Gasteiger partial charge in [0.15, 0.2) is 0 Å². The molecule has 0 saturated heterocycles. The standard InChI is InChI=1S/C12H21N3OS/c1-5-8(2)15(4)7-10-6-11(12(16)14-13)17-9(10)3/h6,8H,5,7,13H2,1-4H3,(H,14,16). The summed E-state index contributed by atoms with van der Waals surface area (Å²) in [4.78, 5) is 15.6. The van der Waals surface area contributed by atoms with Gasteiger partial charge in [-0.1, -0.05) is 6.92 Å². The topological polar surface area (TPSA) is 58.4 Å². The van der Waals surface area contributed by atoms with E-state index in [4.69, 9.17) is 5.84 Å². The molecule has 1 unspecified atom stereocenters. The molecule has 1 amide bonds. The van der Waals surface area contributed by atoms with Crippen LogP contribution in [0.5, 0.6) is 0 Å². The number of nitrogen functional groups attached to an aromatic ring is 1. The van der Waals surface area contributed by atoms with Crippen molar-refractivity contribution in [1.82, 2.24) is 10.3 Å². The van der Waals surface area contributed by atoms with E-state index in [0.717, 1.165) is 13.0 Å². The molecule has 5 heteroatoms. The lowest BCUT2D eigenvalue weighted by atomic mass is 10.2. The highest BCUT2D eigenvalue weighted by atomic mass is 32.1. The Balaban J connectivity index is 2.78. The minimum absolute atomic E-state index is 0.212. The van der Waals surface area contributed by atoms with Crippen LogP contribution < -0.4 is 11.3 Å². The van der Waals surface area contributed by atoms with Gasteiger partial charge in [0.05, 0.1) is 4.88 Å². The molecule has 96 valence electrons. The third-order valence-corrected chi connectivity index (χ3v) is 4.23. The van der Waals surface area contributed by atoms with E-state index < -0.39 is 0 Å². The van der Waals surface area contributed by atoms with E-state index >= 15 is 0 Å². The van der Waals surface area contributed by atoms with Crippen molar-refractivity contribution in [1.29, 1.82) is 0 Å².